The summed E-state index contributed by atoms with van der Waals surface area (Å²) >= 11 is 0. The number of pyridine rings is 1. The van der Waals surface area contributed by atoms with Crippen molar-refractivity contribution in [1.29, 1.82) is 0 Å². The summed E-state index contributed by atoms with van der Waals surface area (Å²) in [5.41, 5.74) is 1.52. The van der Waals surface area contributed by atoms with E-state index < -0.39 is 5.60 Å². The molecule has 0 fully saturated rings. The Labute approximate surface area is 156 Å². The van der Waals surface area contributed by atoms with Gasteiger partial charge in [0.15, 0.2) is 0 Å². The lowest BCUT2D eigenvalue weighted by Crippen LogP contribution is -2.27. The van der Waals surface area contributed by atoms with Crippen LogP contribution < -0.4 is 5.32 Å². The van der Waals surface area contributed by atoms with Crippen molar-refractivity contribution in [2.24, 2.45) is 0 Å². The number of benzene rings is 2. The number of nitrogens with one attached hydrogen (secondary N) is 1. The maximum atomic E-state index is 10.7. The lowest BCUT2D eigenvalue weighted by atomic mass is 9.90. The standard InChI is InChI=1S/C23H28N2O/c1-18(7-6-13-23(2,26)22-8-4-3-5-9-22)25-16-19-10-11-21-17-24-14-12-20(21)15-19/h3-5,8-12,14-15,17-18,25-26H,6-7,13,16H2,1-2H3/t18-,23?/m1/s1. The topological polar surface area (TPSA) is 45.1 Å². The van der Waals surface area contributed by atoms with Crippen molar-refractivity contribution in [3.8, 4) is 0 Å². The smallest absolute Gasteiger partial charge is 0.0868 e. The van der Waals surface area contributed by atoms with Crippen molar-refractivity contribution in [2.75, 3.05) is 0 Å². The summed E-state index contributed by atoms with van der Waals surface area (Å²) < 4.78 is 0. The van der Waals surface area contributed by atoms with E-state index in [2.05, 4.69) is 35.4 Å². The maximum Gasteiger partial charge on any atom is 0.0868 e. The molecule has 1 unspecified atom stereocenters. The van der Waals surface area contributed by atoms with Gasteiger partial charge in [-0.3, -0.25) is 4.98 Å². The minimum Gasteiger partial charge on any atom is -0.385 e. The lowest BCUT2D eigenvalue weighted by molar-refractivity contribution is 0.0443. The van der Waals surface area contributed by atoms with Crippen LogP contribution in [0.15, 0.2) is 67.0 Å². The number of fused-ring (bicyclic) bond motifs is 1. The third kappa shape index (κ3) is 4.90. The van der Waals surface area contributed by atoms with Crippen LogP contribution in [-0.4, -0.2) is 16.1 Å². The van der Waals surface area contributed by atoms with Crippen molar-refractivity contribution in [2.45, 2.75) is 51.3 Å². The molecule has 1 heterocycles. The third-order valence-electron chi connectivity index (χ3n) is 5.06. The maximum absolute atomic E-state index is 10.7. The van der Waals surface area contributed by atoms with E-state index in [4.69, 9.17) is 0 Å². The number of rotatable bonds is 8. The molecule has 0 radical (unpaired) electrons. The Bertz CT molecular complexity index is 830. The van der Waals surface area contributed by atoms with Crippen LogP contribution in [0.4, 0.5) is 0 Å². The Kier molecular flexibility index (Phi) is 6.02. The van der Waals surface area contributed by atoms with Crippen molar-refractivity contribution >= 4 is 10.8 Å². The van der Waals surface area contributed by atoms with Crippen molar-refractivity contribution in [3.05, 3.63) is 78.1 Å². The quantitative estimate of drug-likeness (QED) is 0.615. The van der Waals surface area contributed by atoms with Gasteiger partial charge < -0.3 is 10.4 Å². The second-order valence-corrected chi connectivity index (χ2v) is 7.37. The molecule has 1 aromatic heterocycles. The highest BCUT2D eigenvalue weighted by Crippen LogP contribution is 2.26. The second kappa shape index (κ2) is 8.43. The molecule has 3 rings (SSSR count). The lowest BCUT2D eigenvalue weighted by Gasteiger charge is -2.24. The molecule has 2 aromatic carbocycles. The average molecular weight is 348 g/mol. The Morgan fingerprint density at radius 1 is 1.08 bits per heavy atom. The van der Waals surface area contributed by atoms with Gasteiger partial charge in [-0.15, -0.1) is 0 Å². The fourth-order valence-electron chi connectivity index (χ4n) is 3.33. The highest BCUT2D eigenvalue weighted by Gasteiger charge is 2.22. The predicted octanol–water partition coefficient (Wildman–Crippen LogP) is 4.79. The molecule has 0 saturated carbocycles. The van der Waals surface area contributed by atoms with E-state index >= 15 is 0 Å². The number of aliphatic hydroxyl groups is 1. The van der Waals surface area contributed by atoms with Crippen LogP contribution in [0.3, 0.4) is 0 Å². The molecule has 3 nitrogen and oxygen atoms in total. The summed E-state index contributed by atoms with van der Waals surface area (Å²) in [7, 11) is 0. The Hall–Kier alpha value is -2.23. The van der Waals surface area contributed by atoms with E-state index in [1.807, 2.05) is 55.7 Å². The first kappa shape index (κ1) is 18.6. The van der Waals surface area contributed by atoms with Crippen LogP contribution in [0.2, 0.25) is 0 Å². The van der Waals surface area contributed by atoms with E-state index in [1.54, 1.807) is 0 Å². The van der Waals surface area contributed by atoms with E-state index in [-0.39, 0.29) is 0 Å². The summed E-state index contributed by atoms with van der Waals surface area (Å²) in [4.78, 5) is 4.16. The fourth-order valence-corrected chi connectivity index (χ4v) is 3.33. The minimum absolute atomic E-state index is 0.412. The second-order valence-electron chi connectivity index (χ2n) is 7.37. The zero-order valence-electron chi connectivity index (χ0n) is 15.7. The fraction of sp³-hybridized carbons (Fsp3) is 0.348. The molecule has 0 saturated heterocycles. The van der Waals surface area contributed by atoms with Gasteiger partial charge in [-0.25, -0.2) is 0 Å². The molecule has 3 heteroatoms. The highest BCUT2D eigenvalue weighted by atomic mass is 16.3. The zero-order valence-corrected chi connectivity index (χ0v) is 15.7. The SMILES string of the molecule is C[C@H](CCCC(C)(O)c1ccccc1)NCc1ccc2cnccc2c1. The molecular formula is C23H28N2O. The number of aromatic nitrogens is 1. The summed E-state index contributed by atoms with van der Waals surface area (Å²) in [6.45, 7) is 4.97. The van der Waals surface area contributed by atoms with Gasteiger partial charge in [-0.2, -0.15) is 0 Å². The van der Waals surface area contributed by atoms with Crippen LogP contribution in [-0.2, 0) is 12.1 Å². The molecular weight excluding hydrogens is 320 g/mol. The zero-order chi connectivity index (χ0) is 18.4. The van der Waals surface area contributed by atoms with Gasteiger partial charge in [0.2, 0.25) is 0 Å². The minimum atomic E-state index is -0.757. The van der Waals surface area contributed by atoms with Crippen LogP contribution in [0.25, 0.3) is 10.8 Å². The van der Waals surface area contributed by atoms with Gasteiger partial charge in [-0.1, -0.05) is 42.5 Å². The van der Waals surface area contributed by atoms with Gasteiger partial charge in [0.25, 0.3) is 0 Å². The molecule has 3 aromatic rings. The van der Waals surface area contributed by atoms with Gasteiger partial charge >= 0.3 is 0 Å². The van der Waals surface area contributed by atoms with E-state index in [9.17, 15) is 5.11 Å². The van der Waals surface area contributed by atoms with Crippen LogP contribution in [0.5, 0.6) is 0 Å². The Balaban J connectivity index is 1.46. The van der Waals surface area contributed by atoms with E-state index in [0.717, 1.165) is 31.4 Å². The first-order valence-electron chi connectivity index (χ1n) is 9.38. The highest BCUT2D eigenvalue weighted by molar-refractivity contribution is 5.81. The van der Waals surface area contributed by atoms with Crippen molar-refractivity contribution < 1.29 is 5.11 Å². The molecule has 0 spiro atoms. The number of nitrogens with zero attached hydrogens (tertiary/aromatic N) is 1. The summed E-state index contributed by atoms with van der Waals surface area (Å²) in [5.74, 6) is 0. The first-order chi connectivity index (χ1) is 12.5. The van der Waals surface area contributed by atoms with Crippen LogP contribution >= 0.6 is 0 Å². The van der Waals surface area contributed by atoms with E-state index in [0.29, 0.717) is 6.04 Å². The summed E-state index contributed by atoms with van der Waals surface area (Å²) in [5, 5.41) is 16.7. The molecule has 2 N–H and O–H groups in total. The van der Waals surface area contributed by atoms with Crippen LogP contribution in [0, 0.1) is 0 Å². The number of hydrogen-bond acceptors (Lipinski definition) is 3. The van der Waals surface area contributed by atoms with Gasteiger partial charge in [0.05, 0.1) is 5.60 Å². The molecule has 136 valence electrons. The van der Waals surface area contributed by atoms with Crippen molar-refractivity contribution in [3.63, 3.8) is 0 Å². The molecule has 0 bridgehead atoms. The molecule has 26 heavy (non-hydrogen) atoms. The Morgan fingerprint density at radius 3 is 2.69 bits per heavy atom. The molecule has 0 aliphatic rings. The largest absolute Gasteiger partial charge is 0.385 e. The first-order valence-corrected chi connectivity index (χ1v) is 9.38. The number of hydrogen-bond donors (Lipinski definition) is 2. The normalized spacial score (nSPS) is 14.9. The molecule has 0 amide bonds. The predicted molar refractivity (Wildman–Crippen MR) is 108 cm³/mol. The monoisotopic (exact) mass is 348 g/mol. The van der Waals surface area contributed by atoms with Gasteiger partial charge in [0.1, 0.15) is 0 Å². The van der Waals surface area contributed by atoms with Gasteiger partial charge in [-0.05, 0) is 61.8 Å². The molecule has 0 aliphatic heterocycles. The third-order valence-corrected chi connectivity index (χ3v) is 5.06. The summed E-state index contributed by atoms with van der Waals surface area (Å²) in [6, 6.07) is 18.9. The Morgan fingerprint density at radius 2 is 1.88 bits per heavy atom. The van der Waals surface area contributed by atoms with Crippen LogP contribution in [0.1, 0.15) is 44.2 Å². The molecule has 2 atom stereocenters. The molecule has 0 aliphatic carbocycles. The summed E-state index contributed by atoms with van der Waals surface area (Å²) in [6.07, 6.45) is 6.53. The average Bonchev–Trinajstić information content (AvgIpc) is 2.67. The van der Waals surface area contributed by atoms with Gasteiger partial charge in [0, 0.05) is 30.4 Å². The van der Waals surface area contributed by atoms with Crippen molar-refractivity contribution in [1.82, 2.24) is 10.3 Å². The van der Waals surface area contributed by atoms with E-state index in [1.165, 1.54) is 16.3 Å².